The van der Waals surface area contributed by atoms with E-state index in [0.29, 0.717) is 41.8 Å². The number of Topliss-reactive ketones (excluding diaryl/α,β-unsaturated/α-hetero) is 1. The van der Waals surface area contributed by atoms with E-state index in [2.05, 4.69) is 10.3 Å². The van der Waals surface area contributed by atoms with Gasteiger partial charge in [-0.15, -0.1) is 0 Å². The van der Waals surface area contributed by atoms with Gasteiger partial charge < -0.3 is 15.4 Å². The zero-order chi connectivity index (χ0) is 15.1. The molecule has 1 aromatic heterocycles. The lowest BCUT2D eigenvalue weighted by molar-refractivity contribution is -0.140. The van der Waals surface area contributed by atoms with Crippen LogP contribution >= 0.6 is 0 Å². The molecule has 0 atom stereocenters. The zero-order valence-electron chi connectivity index (χ0n) is 11.8. The number of nitrogens with one attached hydrogen (secondary N) is 2. The van der Waals surface area contributed by atoms with Crippen molar-refractivity contribution < 1.29 is 19.5 Å². The second-order valence-electron chi connectivity index (χ2n) is 5.23. The van der Waals surface area contributed by atoms with Crippen LogP contribution in [0.2, 0.25) is 0 Å². The molecule has 1 aromatic rings. The maximum atomic E-state index is 12.3. The van der Waals surface area contributed by atoms with Crippen molar-refractivity contribution in [3.8, 4) is 0 Å². The van der Waals surface area contributed by atoms with E-state index in [4.69, 9.17) is 5.11 Å². The first-order chi connectivity index (χ1) is 9.32. The van der Waals surface area contributed by atoms with Gasteiger partial charge in [-0.3, -0.25) is 9.59 Å². The van der Waals surface area contributed by atoms with Crippen LogP contribution in [0.3, 0.4) is 0 Å². The minimum Gasteiger partial charge on any atom is -0.480 e. The summed E-state index contributed by atoms with van der Waals surface area (Å²) in [6.07, 6.45) is 1.41. The molecule has 0 aromatic carbocycles. The number of aliphatic carboxylic acids is 1. The Bertz CT molecular complexity index is 597. The number of aromatic nitrogens is 1. The van der Waals surface area contributed by atoms with Crippen molar-refractivity contribution in [3.63, 3.8) is 0 Å². The Hall–Kier alpha value is -2.11. The molecule has 1 aliphatic rings. The van der Waals surface area contributed by atoms with Crippen LogP contribution in [-0.4, -0.2) is 33.3 Å². The number of hydrogen-bond acceptors (Lipinski definition) is 3. The lowest BCUT2D eigenvalue weighted by atomic mass is 10.0. The van der Waals surface area contributed by atoms with Gasteiger partial charge in [0.2, 0.25) is 0 Å². The van der Waals surface area contributed by atoms with E-state index in [9.17, 15) is 14.4 Å². The minimum atomic E-state index is -1.13. The Kier molecular flexibility index (Phi) is 3.41. The van der Waals surface area contributed by atoms with Crippen LogP contribution < -0.4 is 5.32 Å². The van der Waals surface area contributed by atoms with Crippen LogP contribution in [0.25, 0.3) is 0 Å². The maximum Gasteiger partial charge on any atom is 0.329 e. The fraction of sp³-hybridized carbons (Fsp3) is 0.500. The Morgan fingerprint density at radius 3 is 2.35 bits per heavy atom. The fourth-order valence-electron chi connectivity index (χ4n) is 2.50. The summed E-state index contributed by atoms with van der Waals surface area (Å²) in [5, 5.41) is 11.7. The Morgan fingerprint density at radius 2 is 1.95 bits per heavy atom. The number of hydrogen-bond donors (Lipinski definition) is 3. The van der Waals surface area contributed by atoms with Crippen molar-refractivity contribution in [1.29, 1.82) is 0 Å². The first-order valence-electron chi connectivity index (χ1n) is 6.60. The summed E-state index contributed by atoms with van der Waals surface area (Å²) in [5.41, 5.74) is 0.978. The molecule has 1 aliphatic carbocycles. The fourth-order valence-corrected chi connectivity index (χ4v) is 2.50. The predicted molar refractivity (Wildman–Crippen MR) is 72.0 cm³/mol. The van der Waals surface area contributed by atoms with Crippen molar-refractivity contribution in [2.24, 2.45) is 0 Å². The number of amides is 1. The summed E-state index contributed by atoms with van der Waals surface area (Å²) in [6.45, 7) is 5.04. The second kappa shape index (κ2) is 4.77. The number of rotatable bonds is 5. The average Bonchev–Trinajstić information content (AvgIpc) is 3.05. The third-order valence-corrected chi connectivity index (χ3v) is 3.74. The van der Waals surface area contributed by atoms with Crippen LogP contribution in [0.15, 0.2) is 0 Å². The standard InChI is InChI=1S/C14H18N2O4/c1-4-9-10(8(3)17)7(2)15-11(9)12(18)16-14(5-6-14)13(19)20/h15H,4-6H2,1-3H3,(H,16,18)(H,19,20). The number of carbonyl (C=O) groups excluding carboxylic acids is 2. The number of ketones is 1. The molecule has 6 nitrogen and oxygen atoms in total. The highest BCUT2D eigenvalue weighted by atomic mass is 16.4. The van der Waals surface area contributed by atoms with Crippen molar-refractivity contribution in [2.45, 2.75) is 45.6 Å². The molecule has 108 valence electrons. The van der Waals surface area contributed by atoms with Gasteiger partial charge in [-0.05, 0) is 38.7 Å². The SMILES string of the molecule is CCc1c(C(=O)NC2(C(=O)O)CC2)[nH]c(C)c1C(C)=O. The lowest BCUT2D eigenvalue weighted by Gasteiger charge is -2.12. The second-order valence-corrected chi connectivity index (χ2v) is 5.23. The van der Waals surface area contributed by atoms with Gasteiger partial charge in [0, 0.05) is 11.3 Å². The summed E-state index contributed by atoms with van der Waals surface area (Å²) < 4.78 is 0. The molecule has 3 N–H and O–H groups in total. The van der Waals surface area contributed by atoms with Crippen molar-refractivity contribution in [1.82, 2.24) is 10.3 Å². The zero-order valence-corrected chi connectivity index (χ0v) is 11.8. The van der Waals surface area contributed by atoms with E-state index in [1.54, 1.807) is 6.92 Å². The number of carbonyl (C=O) groups is 3. The molecule has 0 unspecified atom stereocenters. The number of carboxylic acid groups (broad SMARTS) is 1. The molecule has 1 heterocycles. The van der Waals surface area contributed by atoms with E-state index < -0.39 is 17.4 Å². The van der Waals surface area contributed by atoms with Gasteiger partial charge in [0.05, 0.1) is 0 Å². The van der Waals surface area contributed by atoms with Gasteiger partial charge in [-0.2, -0.15) is 0 Å². The van der Waals surface area contributed by atoms with Crippen LogP contribution in [0.4, 0.5) is 0 Å². The van der Waals surface area contributed by atoms with Gasteiger partial charge >= 0.3 is 5.97 Å². The molecule has 20 heavy (non-hydrogen) atoms. The van der Waals surface area contributed by atoms with Crippen molar-refractivity contribution >= 4 is 17.7 Å². The van der Waals surface area contributed by atoms with Crippen LogP contribution in [0.5, 0.6) is 0 Å². The van der Waals surface area contributed by atoms with Crippen LogP contribution in [0.1, 0.15) is 58.8 Å². The predicted octanol–water partition coefficient (Wildman–Crippen LogP) is 1.44. The Morgan fingerprint density at radius 1 is 1.35 bits per heavy atom. The van der Waals surface area contributed by atoms with Crippen LogP contribution in [0, 0.1) is 6.92 Å². The van der Waals surface area contributed by atoms with Crippen LogP contribution in [-0.2, 0) is 11.2 Å². The highest BCUT2D eigenvalue weighted by Crippen LogP contribution is 2.36. The molecular weight excluding hydrogens is 260 g/mol. The molecule has 0 saturated heterocycles. The van der Waals surface area contributed by atoms with E-state index in [0.717, 1.165) is 0 Å². The first-order valence-corrected chi connectivity index (χ1v) is 6.60. The Labute approximate surface area is 116 Å². The summed E-state index contributed by atoms with van der Waals surface area (Å²) in [6, 6.07) is 0. The van der Waals surface area contributed by atoms with Gasteiger partial charge in [0.1, 0.15) is 11.2 Å². The molecule has 0 radical (unpaired) electrons. The molecule has 2 rings (SSSR count). The highest BCUT2D eigenvalue weighted by Gasteiger charge is 2.52. The van der Waals surface area contributed by atoms with Gasteiger partial charge in [-0.1, -0.05) is 6.92 Å². The number of aromatic amines is 1. The summed E-state index contributed by atoms with van der Waals surface area (Å²) >= 11 is 0. The summed E-state index contributed by atoms with van der Waals surface area (Å²) in [7, 11) is 0. The first kappa shape index (κ1) is 14.3. The third-order valence-electron chi connectivity index (χ3n) is 3.74. The quantitative estimate of drug-likeness (QED) is 0.709. The molecule has 0 aliphatic heterocycles. The minimum absolute atomic E-state index is 0.103. The van der Waals surface area contributed by atoms with E-state index >= 15 is 0 Å². The summed E-state index contributed by atoms with van der Waals surface area (Å²) in [4.78, 5) is 37.9. The molecule has 6 heteroatoms. The Balaban J connectivity index is 2.34. The summed E-state index contributed by atoms with van der Waals surface area (Å²) in [5.74, 6) is -1.58. The molecule has 1 amide bonds. The van der Waals surface area contributed by atoms with E-state index in [1.165, 1.54) is 6.92 Å². The molecule has 1 fully saturated rings. The smallest absolute Gasteiger partial charge is 0.329 e. The van der Waals surface area contributed by atoms with Crippen molar-refractivity contribution in [2.75, 3.05) is 0 Å². The maximum absolute atomic E-state index is 12.3. The third kappa shape index (κ3) is 2.21. The van der Waals surface area contributed by atoms with Gasteiger partial charge in [0.25, 0.3) is 5.91 Å². The molecular formula is C14H18N2O4. The molecule has 1 saturated carbocycles. The highest BCUT2D eigenvalue weighted by molar-refractivity contribution is 6.04. The number of aryl methyl sites for hydroxylation is 1. The lowest BCUT2D eigenvalue weighted by Crippen LogP contribution is -2.43. The molecule has 0 spiro atoms. The van der Waals surface area contributed by atoms with E-state index in [-0.39, 0.29) is 5.78 Å². The number of H-pyrrole nitrogens is 1. The normalized spacial score (nSPS) is 15.8. The van der Waals surface area contributed by atoms with Gasteiger partial charge in [0.15, 0.2) is 5.78 Å². The van der Waals surface area contributed by atoms with Crippen molar-refractivity contribution in [3.05, 3.63) is 22.5 Å². The monoisotopic (exact) mass is 278 g/mol. The topological polar surface area (TPSA) is 99.3 Å². The molecule has 0 bridgehead atoms. The van der Waals surface area contributed by atoms with Gasteiger partial charge in [-0.25, -0.2) is 4.79 Å². The number of carboxylic acids is 1. The average molecular weight is 278 g/mol. The largest absolute Gasteiger partial charge is 0.480 e. The van der Waals surface area contributed by atoms with E-state index in [1.807, 2.05) is 6.92 Å².